The number of thioether (sulfide) groups is 1. The molecule has 0 amide bonds. The van der Waals surface area contributed by atoms with Gasteiger partial charge < -0.3 is 10.6 Å². The van der Waals surface area contributed by atoms with Gasteiger partial charge in [-0.1, -0.05) is 54.6 Å². The minimum Gasteiger partial charge on any atom is -0.356 e. The molecule has 4 nitrogen and oxygen atoms in total. The number of halogens is 1. The highest BCUT2D eigenvalue weighted by Crippen LogP contribution is 2.15. The van der Waals surface area contributed by atoms with Gasteiger partial charge in [-0.2, -0.15) is 11.8 Å². The average Bonchev–Trinajstić information content (AvgIpc) is 2.70. The Hall–Kier alpha value is -2.24. The van der Waals surface area contributed by atoms with Crippen LogP contribution in [0, 0.1) is 0 Å². The van der Waals surface area contributed by atoms with E-state index >= 15 is 0 Å². The number of nitrogens with zero attached hydrogens (tertiary/aromatic N) is 2. The molecule has 1 aromatic heterocycles. The summed E-state index contributed by atoms with van der Waals surface area (Å²) >= 11 is 1.87. The number of fused-ring (bicyclic) bond motifs is 1. The first-order chi connectivity index (χ1) is 12.8. The van der Waals surface area contributed by atoms with Gasteiger partial charge >= 0.3 is 0 Å². The summed E-state index contributed by atoms with van der Waals surface area (Å²) in [6.45, 7) is 1.64. The number of hydrogen-bond acceptors (Lipinski definition) is 3. The standard InChI is InChI=1S/C21H24N4S.ClH/c1-22-21(24-15-17-7-3-2-4-8-17)23-13-14-26-16-19-12-11-18-9-5-6-10-20(18)25-19;/h2-12H,13-16H2,1H3,(H2,22,23,24);1H. The van der Waals surface area contributed by atoms with Gasteiger partial charge in [-0.05, 0) is 17.7 Å². The third kappa shape index (κ3) is 6.77. The summed E-state index contributed by atoms with van der Waals surface area (Å²) in [6, 6.07) is 22.8. The lowest BCUT2D eigenvalue weighted by Gasteiger charge is -2.11. The molecular weight excluding hydrogens is 376 g/mol. The molecule has 1 heterocycles. The zero-order valence-corrected chi connectivity index (χ0v) is 17.0. The predicted octanol–water partition coefficient (Wildman–Crippen LogP) is 4.26. The van der Waals surface area contributed by atoms with Crippen molar-refractivity contribution in [2.75, 3.05) is 19.3 Å². The van der Waals surface area contributed by atoms with E-state index < -0.39 is 0 Å². The average molecular weight is 401 g/mol. The molecule has 3 aromatic rings. The van der Waals surface area contributed by atoms with Gasteiger partial charge in [-0.15, -0.1) is 12.4 Å². The SMILES string of the molecule is CN=C(NCCSCc1ccc2ccccc2n1)NCc1ccccc1.Cl. The van der Waals surface area contributed by atoms with Crippen molar-refractivity contribution in [1.82, 2.24) is 15.6 Å². The number of rotatable bonds is 7. The summed E-state index contributed by atoms with van der Waals surface area (Å²) in [7, 11) is 1.80. The Bertz CT molecular complexity index is 855. The number of pyridine rings is 1. The third-order valence-electron chi connectivity index (χ3n) is 3.97. The fourth-order valence-electron chi connectivity index (χ4n) is 2.61. The maximum atomic E-state index is 4.71. The molecular formula is C21H25ClN4S. The number of guanidine groups is 1. The quantitative estimate of drug-likeness (QED) is 0.353. The number of aliphatic imine (C=N–C) groups is 1. The summed E-state index contributed by atoms with van der Waals surface area (Å²) in [6.07, 6.45) is 0. The monoisotopic (exact) mass is 400 g/mol. The largest absolute Gasteiger partial charge is 0.356 e. The molecule has 0 aliphatic heterocycles. The summed E-state index contributed by atoms with van der Waals surface area (Å²) in [5, 5.41) is 7.88. The molecule has 2 N–H and O–H groups in total. The minimum atomic E-state index is 0. The maximum Gasteiger partial charge on any atom is 0.191 e. The molecule has 0 aliphatic rings. The Morgan fingerprint density at radius 1 is 0.963 bits per heavy atom. The lowest BCUT2D eigenvalue weighted by atomic mass is 10.2. The van der Waals surface area contributed by atoms with Crippen LogP contribution in [0.3, 0.4) is 0 Å². The zero-order chi connectivity index (χ0) is 18.0. The van der Waals surface area contributed by atoms with E-state index in [1.165, 1.54) is 10.9 Å². The first kappa shape index (κ1) is 21.1. The lowest BCUT2D eigenvalue weighted by molar-refractivity contribution is 0.832. The van der Waals surface area contributed by atoms with Gasteiger partial charge in [-0.25, -0.2) is 0 Å². The van der Waals surface area contributed by atoms with Gasteiger partial charge in [0.15, 0.2) is 5.96 Å². The Morgan fingerprint density at radius 3 is 2.56 bits per heavy atom. The van der Waals surface area contributed by atoms with Gasteiger partial charge in [0.25, 0.3) is 0 Å². The molecule has 2 aromatic carbocycles. The molecule has 0 spiro atoms. The molecule has 0 fully saturated rings. The zero-order valence-electron chi connectivity index (χ0n) is 15.4. The van der Waals surface area contributed by atoms with Crippen LogP contribution in [-0.4, -0.2) is 30.3 Å². The normalized spacial score (nSPS) is 11.1. The van der Waals surface area contributed by atoms with Crippen LogP contribution < -0.4 is 10.6 Å². The Balaban J connectivity index is 0.00000261. The van der Waals surface area contributed by atoms with Gasteiger partial charge in [0.05, 0.1) is 11.2 Å². The molecule has 0 aliphatic carbocycles. The van der Waals surface area contributed by atoms with Crippen LogP contribution in [0.25, 0.3) is 10.9 Å². The minimum absolute atomic E-state index is 0. The van der Waals surface area contributed by atoms with E-state index in [0.717, 1.165) is 41.8 Å². The predicted molar refractivity (Wildman–Crippen MR) is 120 cm³/mol. The molecule has 0 radical (unpaired) electrons. The molecule has 142 valence electrons. The maximum absolute atomic E-state index is 4.71. The number of nitrogens with one attached hydrogen (secondary N) is 2. The fourth-order valence-corrected chi connectivity index (χ4v) is 3.37. The number of para-hydroxylation sites is 1. The van der Waals surface area contributed by atoms with Gasteiger partial charge in [0.1, 0.15) is 0 Å². The summed E-state index contributed by atoms with van der Waals surface area (Å²) in [5.41, 5.74) is 3.43. The van der Waals surface area contributed by atoms with Crippen molar-refractivity contribution in [3.05, 3.63) is 78.0 Å². The van der Waals surface area contributed by atoms with Gasteiger partial charge in [-0.3, -0.25) is 9.98 Å². The second-order valence-electron chi connectivity index (χ2n) is 5.89. The van der Waals surface area contributed by atoms with Crippen LogP contribution in [0.2, 0.25) is 0 Å². The van der Waals surface area contributed by atoms with Crippen LogP contribution in [0.1, 0.15) is 11.3 Å². The van der Waals surface area contributed by atoms with E-state index in [9.17, 15) is 0 Å². The summed E-state index contributed by atoms with van der Waals surface area (Å²) in [4.78, 5) is 8.98. The second-order valence-corrected chi connectivity index (χ2v) is 6.99. The fraction of sp³-hybridized carbons (Fsp3) is 0.238. The molecule has 0 bridgehead atoms. The van der Waals surface area contributed by atoms with E-state index in [-0.39, 0.29) is 12.4 Å². The first-order valence-corrected chi connectivity index (χ1v) is 9.91. The lowest BCUT2D eigenvalue weighted by Crippen LogP contribution is -2.37. The van der Waals surface area contributed by atoms with Crippen LogP contribution in [-0.2, 0) is 12.3 Å². The van der Waals surface area contributed by atoms with E-state index in [2.05, 4.69) is 52.0 Å². The first-order valence-electron chi connectivity index (χ1n) is 8.76. The van der Waals surface area contributed by atoms with Crippen molar-refractivity contribution >= 4 is 41.0 Å². The highest BCUT2D eigenvalue weighted by atomic mass is 35.5. The van der Waals surface area contributed by atoms with Crippen molar-refractivity contribution < 1.29 is 0 Å². The van der Waals surface area contributed by atoms with Crippen LogP contribution >= 0.6 is 24.2 Å². The topological polar surface area (TPSA) is 49.3 Å². The second kappa shape index (κ2) is 11.5. The van der Waals surface area contributed by atoms with Crippen LogP contribution in [0.4, 0.5) is 0 Å². The van der Waals surface area contributed by atoms with Crippen LogP contribution in [0.15, 0.2) is 71.7 Å². The Labute approximate surface area is 171 Å². The van der Waals surface area contributed by atoms with E-state index in [1.807, 2.05) is 42.1 Å². The molecule has 6 heteroatoms. The third-order valence-corrected chi connectivity index (χ3v) is 4.96. The van der Waals surface area contributed by atoms with E-state index in [1.54, 1.807) is 7.05 Å². The van der Waals surface area contributed by atoms with Crippen molar-refractivity contribution in [3.63, 3.8) is 0 Å². The number of hydrogen-bond donors (Lipinski definition) is 2. The number of aromatic nitrogens is 1. The number of benzene rings is 2. The molecule has 0 saturated carbocycles. The molecule has 3 rings (SSSR count). The van der Waals surface area contributed by atoms with E-state index in [0.29, 0.717) is 0 Å². The molecule has 27 heavy (non-hydrogen) atoms. The molecule has 0 unspecified atom stereocenters. The smallest absolute Gasteiger partial charge is 0.191 e. The highest BCUT2D eigenvalue weighted by molar-refractivity contribution is 7.98. The summed E-state index contributed by atoms with van der Waals surface area (Å²) < 4.78 is 0. The highest BCUT2D eigenvalue weighted by Gasteiger charge is 2.00. The van der Waals surface area contributed by atoms with Crippen molar-refractivity contribution in [1.29, 1.82) is 0 Å². The summed E-state index contributed by atoms with van der Waals surface area (Å²) in [5.74, 6) is 2.75. The van der Waals surface area contributed by atoms with E-state index in [4.69, 9.17) is 4.98 Å². The van der Waals surface area contributed by atoms with Gasteiger partial charge in [0, 0.05) is 37.0 Å². The van der Waals surface area contributed by atoms with Crippen LogP contribution in [0.5, 0.6) is 0 Å². The molecule has 0 saturated heterocycles. The van der Waals surface area contributed by atoms with Crippen molar-refractivity contribution in [2.24, 2.45) is 4.99 Å². The Morgan fingerprint density at radius 2 is 1.74 bits per heavy atom. The van der Waals surface area contributed by atoms with Gasteiger partial charge in [0.2, 0.25) is 0 Å². The van der Waals surface area contributed by atoms with Crippen molar-refractivity contribution in [2.45, 2.75) is 12.3 Å². The Kier molecular flexibility index (Phi) is 8.95. The molecule has 0 atom stereocenters. The van der Waals surface area contributed by atoms with Crippen molar-refractivity contribution in [3.8, 4) is 0 Å².